The third-order valence-corrected chi connectivity index (χ3v) is 2.53. The number of hydrogen-bond acceptors (Lipinski definition) is 3. The Morgan fingerprint density at radius 2 is 2.11 bits per heavy atom. The third-order valence-electron chi connectivity index (χ3n) is 2.53. The number of hydrogen-bond donors (Lipinski definition) is 2. The summed E-state index contributed by atoms with van der Waals surface area (Å²) in [6, 6.07) is 5.72. The number of benzene rings is 1. The summed E-state index contributed by atoms with van der Waals surface area (Å²) in [5.74, 6) is -0.0771. The summed E-state index contributed by atoms with van der Waals surface area (Å²) in [5, 5.41) is 5.88. The first-order valence-corrected chi connectivity index (χ1v) is 6.22. The van der Waals surface area contributed by atoms with Crippen LogP contribution >= 0.6 is 0 Å². The van der Waals surface area contributed by atoms with Gasteiger partial charge in [-0.05, 0) is 38.5 Å². The Kier molecular flexibility index (Phi) is 5.65. The maximum atomic E-state index is 12.0. The van der Waals surface area contributed by atoms with Crippen molar-refractivity contribution < 1.29 is 9.53 Å². The summed E-state index contributed by atoms with van der Waals surface area (Å²) in [6.07, 6.45) is 0.189. The van der Waals surface area contributed by atoms with Gasteiger partial charge in [-0.3, -0.25) is 4.79 Å². The summed E-state index contributed by atoms with van der Waals surface area (Å²) in [7, 11) is 1.81. The lowest BCUT2D eigenvalue weighted by Gasteiger charge is -2.11. The van der Waals surface area contributed by atoms with E-state index in [-0.39, 0.29) is 12.0 Å². The Morgan fingerprint density at radius 3 is 2.72 bits per heavy atom. The molecular formula is C14H22N2O2. The van der Waals surface area contributed by atoms with Gasteiger partial charge < -0.3 is 15.4 Å². The van der Waals surface area contributed by atoms with Crippen LogP contribution in [0.2, 0.25) is 0 Å². The average molecular weight is 250 g/mol. The highest BCUT2D eigenvalue weighted by Crippen LogP contribution is 2.16. The largest absolute Gasteiger partial charge is 0.387 e. The zero-order chi connectivity index (χ0) is 13.5. The quantitative estimate of drug-likeness (QED) is 0.761. The number of amides is 1. The predicted molar refractivity (Wildman–Crippen MR) is 74.1 cm³/mol. The zero-order valence-electron chi connectivity index (χ0n) is 11.5. The van der Waals surface area contributed by atoms with Crippen LogP contribution in [0.1, 0.15) is 29.8 Å². The molecule has 100 valence electrons. The minimum atomic E-state index is -0.0771. The summed E-state index contributed by atoms with van der Waals surface area (Å²) >= 11 is 0. The molecule has 0 atom stereocenters. The number of anilines is 1. The first-order chi connectivity index (χ1) is 8.54. The number of ether oxygens (including phenoxy) is 1. The second kappa shape index (κ2) is 7.01. The van der Waals surface area contributed by atoms with Gasteiger partial charge in [0, 0.05) is 19.3 Å². The molecule has 0 aliphatic rings. The van der Waals surface area contributed by atoms with E-state index in [1.165, 1.54) is 0 Å². The van der Waals surface area contributed by atoms with Crippen LogP contribution < -0.4 is 10.6 Å². The molecule has 2 N–H and O–H groups in total. The van der Waals surface area contributed by atoms with E-state index in [0.29, 0.717) is 18.7 Å². The number of carbonyl (C=O) groups is 1. The second-order valence-corrected chi connectivity index (χ2v) is 4.47. The zero-order valence-corrected chi connectivity index (χ0v) is 11.5. The molecule has 0 bridgehead atoms. The molecule has 4 heteroatoms. The van der Waals surface area contributed by atoms with Crippen molar-refractivity contribution in [3.05, 3.63) is 29.3 Å². The molecule has 0 saturated heterocycles. The van der Waals surface area contributed by atoms with Gasteiger partial charge in [0.05, 0.1) is 18.3 Å². The molecule has 0 saturated carbocycles. The molecule has 1 aromatic carbocycles. The van der Waals surface area contributed by atoms with Gasteiger partial charge in [0.15, 0.2) is 0 Å². The highest BCUT2D eigenvalue weighted by atomic mass is 16.5. The van der Waals surface area contributed by atoms with Gasteiger partial charge in [0.1, 0.15) is 0 Å². The van der Waals surface area contributed by atoms with Crippen molar-refractivity contribution in [1.29, 1.82) is 0 Å². The van der Waals surface area contributed by atoms with Crippen molar-refractivity contribution in [2.24, 2.45) is 0 Å². The van der Waals surface area contributed by atoms with Crippen molar-refractivity contribution >= 4 is 11.6 Å². The average Bonchev–Trinajstić information content (AvgIpc) is 2.33. The fraction of sp³-hybridized carbons (Fsp3) is 0.500. The van der Waals surface area contributed by atoms with Crippen LogP contribution in [-0.4, -0.2) is 32.2 Å². The Morgan fingerprint density at radius 1 is 1.39 bits per heavy atom. The SMILES string of the molecule is CNc1cc(C)ccc1C(=O)NCCOC(C)C. The summed E-state index contributed by atoms with van der Waals surface area (Å²) in [4.78, 5) is 12.0. The van der Waals surface area contributed by atoms with Gasteiger partial charge in [-0.25, -0.2) is 0 Å². The molecule has 1 amide bonds. The minimum absolute atomic E-state index is 0.0771. The van der Waals surface area contributed by atoms with Crippen LogP contribution in [0.3, 0.4) is 0 Å². The fourth-order valence-corrected chi connectivity index (χ4v) is 1.62. The predicted octanol–water partition coefficient (Wildman–Crippen LogP) is 2.19. The number of carbonyl (C=O) groups excluding carboxylic acids is 1. The lowest BCUT2D eigenvalue weighted by Crippen LogP contribution is -2.28. The van der Waals surface area contributed by atoms with E-state index in [1.807, 2.05) is 46.0 Å². The van der Waals surface area contributed by atoms with Crippen LogP contribution in [0.5, 0.6) is 0 Å². The van der Waals surface area contributed by atoms with Gasteiger partial charge >= 0.3 is 0 Å². The first-order valence-electron chi connectivity index (χ1n) is 6.22. The van der Waals surface area contributed by atoms with Gasteiger partial charge in [0.2, 0.25) is 0 Å². The van der Waals surface area contributed by atoms with Crippen molar-refractivity contribution in [3.8, 4) is 0 Å². The van der Waals surface area contributed by atoms with Crippen molar-refractivity contribution in [2.45, 2.75) is 26.9 Å². The monoisotopic (exact) mass is 250 g/mol. The molecule has 18 heavy (non-hydrogen) atoms. The van der Waals surface area contributed by atoms with E-state index in [2.05, 4.69) is 10.6 Å². The van der Waals surface area contributed by atoms with E-state index in [1.54, 1.807) is 0 Å². The van der Waals surface area contributed by atoms with Crippen molar-refractivity contribution in [2.75, 3.05) is 25.5 Å². The van der Waals surface area contributed by atoms with Crippen molar-refractivity contribution in [3.63, 3.8) is 0 Å². The highest BCUT2D eigenvalue weighted by Gasteiger charge is 2.10. The molecular weight excluding hydrogens is 228 g/mol. The number of aryl methyl sites for hydroxylation is 1. The molecule has 0 aromatic heterocycles. The minimum Gasteiger partial charge on any atom is -0.387 e. The smallest absolute Gasteiger partial charge is 0.253 e. The summed E-state index contributed by atoms with van der Waals surface area (Å²) in [6.45, 7) is 7.00. The lowest BCUT2D eigenvalue weighted by atomic mass is 10.1. The lowest BCUT2D eigenvalue weighted by molar-refractivity contribution is 0.0747. The van der Waals surface area contributed by atoms with Crippen LogP contribution in [0.25, 0.3) is 0 Å². The topological polar surface area (TPSA) is 50.4 Å². The second-order valence-electron chi connectivity index (χ2n) is 4.47. The normalized spacial score (nSPS) is 10.5. The fourth-order valence-electron chi connectivity index (χ4n) is 1.62. The number of nitrogens with one attached hydrogen (secondary N) is 2. The summed E-state index contributed by atoms with van der Waals surface area (Å²) < 4.78 is 5.37. The van der Waals surface area contributed by atoms with Gasteiger partial charge in [-0.2, -0.15) is 0 Å². The van der Waals surface area contributed by atoms with Crippen LogP contribution in [0, 0.1) is 6.92 Å². The molecule has 0 aliphatic carbocycles. The number of rotatable bonds is 6. The van der Waals surface area contributed by atoms with Crippen molar-refractivity contribution in [1.82, 2.24) is 5.32 Å². The van der Waals surface area contributed by atoms with E-state index in [9.17, 15) is 4.79 Å². The molecule has 1 rings (SSSR count). The van der Waals surface area contributed by atoms with Gasteiger partial charge in [0.25, 0.3) is 5.91 Å². The molecule has 0 unspecified atom stereocenters. The van der Waals surface area contributed by atoms with E-state index in [0.717, 1.165) is 11.3 Å². The molecule has 1 aromatic rings. The molecule has 0 spiro atoms. The Bertz CT molecular complexity index is 403. The third kappa shape index (κ3) is 4.37. The van der Waals surface area contributed by atoms with Gasteiger partial charge in [-0.15, -0.1) is 0 Å². The van der Waals surface area contributed by atoms with E-state index >= 15 is 0 Å². The molecule has 0 fully saturated rings. The Balaban J connectivity index is 2.56. The Hall–Kier alpha value is -1.55. The standard InChI is InChI=1S/C14H22N2O2/c1-10(2)18-8-7-16-14(17)12-6-5-11(3)9-13(12)15-4/h5-6,9-10,15H,7-8H2,1-4H3,(H,16,17). The molecule has 0 radical (unpaired) electrons. The summed E-state index contributed by atoms with van der Waals surface area (Å²) in [5.41, 5.74) is 2.63. The maximum absolute atomic E-state index is 12.0. The Labute approximate surface area is 109 Å². The molecule has 4 nitrogen and oxygen atoms in total. The van der Waals surface area contributed by atoms with Crippen LogP contribution in [0.4, 0.5) is 5.69 Å². The first kappa shape index (κ1) is 14.5. The van der Waals surface area contributed by atoms with Crippen LogP contribution in [0.15, 0.2) is 18.2 Å². The van der Waals surface area contributed by atoms with Crippen LogP contribution in [-0.2, 0) is 4.74 Å². The molecule has 0 aliphatic heterocycles. The van der Waals surface area contributed by atoms with Gasteiger partial charge in [-0.1, -0.05) is 6.07 Å². The maximum Gasteiger partial charge on any atom is 0.253 e. The van der Waals surface area contributed by atoms with E-state index < -0.39 is 0 Å². The molecule has 0 heterocycles. The highest BCUT2D eigenvalue weighted by molar-refractivity contribution is 5.99. The van der Waals surface area contributed by atoms with E-state index in [4.69, 9.17) is 4.74 Å².